The lowest BCUT2D eigenvalue weighted by molar-refractivity contribution is -0.114. The molecule has 3 heterocycles. The van der Waals surface area contributed by atoms with E-state index < -0.39 is 6.23 Å². The monoisotopic (exact) mass is 509 g/mol. The first kappa shape index (κ1) is 27.0. The van der Waals surface area contributed by atoms with Gasteiger partial charge in [-0.3, -0.25) is 10.1 Å². The fourth-order valence-corrected chi connectivity index (χ4v) is 4.78. The number of methoxy groups -OCH3 is 1. The van der Waals surface area contributed by atoms with Gasteiger partial charge in [-0.2, -0.15) is 4.98 Å². The van der Waals surface area contributed by atoms with Gasteiger partial charge in [-0.05, 0) is 71.0 Å². The van der Waals surface area contributed by atoms with Crippen molar-refractivity contribution in [1.29, 1.82) is 0 Å². The average Bonchev–Trinajstić information content (AvgIpc) is 3.26. The quantitative estimate of drug-likeness (QED) is 0.494. The summed E-state index contributed by atoms with van der Waals surface area (Å²) < 4.78 is 10.9. The van der Waals surface area contributed by atoms with Crippen molar-refractivity contribution in [3.8, 4) is 5.75 Å². The molecule has 1 aromatic carbocycles. The van der Waals surface area contributed by atoms with Gasteiger partial charge < -0.3 is 24.2 Å². The van der Waals surface area contributed by atoms with Crippen molar-refractivity contribution >= 4 is 17.1 Å². The molecule has 0 aliphatic carbocycles. The Kier molecular flexibility index (Phi) is 8.79. The number of nitrogens with one attached hydrogen (secondary N) is 1. The lowest BCUT2D eigenvalue weighted by Gasteiger charge is -2.32. The van der Waals surface area contributed by atoms with E-state index in [4.69, 9.17) is 9.26 Å². The number of likely N-dealkylation sites (tertiary alicyclic amines) is 1. The summed E-state index contributed by atoms with van der Waals surface area (Å²) in [6, 6.07) is 7.65. The number of aliphatic hydroxyl groups excluding tert-OH is 1. The fourth-order valence-electron chi connectivity index (χ4n) is 4.78. The smallest absolute Gasteiger partial charge is 0.228 e. The summed E-state index contributed by atoms with van der Waals surface area (Å²) in [5, 5.41) is 18.1. The molecule has 0 spiro atoms. The Morgan fingerprint density at radius 3 is 2.70 bits per heavy atom. The number of Topliss-reactive ketones (excluding diaryl/α,β-unsaturated/α-hetero) is 1. The summed E-state index contributed by atoms with van der Waals surface area (Å²) in [6.07, 6.45) is 7.21. The van der Waals surface area contributed by atoms with Crippen LogP contribution in [0.1, 0.15) is 57.3 Å². The SMILES string of the molecule is COc1cccc(C2=CC=C(c3noc(CCN4CCCCC4)n3)C(=O)CN2CC(O)NC(C)(C)C)c1. The first-order valence-corrected chi connectivity index (χ1v) is 13.1. The number of allylic oxidation sites excluding steroid dienone is 2. The third-order valence-electron chi connectivity index (χ3n) is 6.54. The second kappa shape index (κ2) is 12.0. The first-order chi connectivity index (χ1) is 17.7. The van der Waals surface area contributed by atoms with Crippen molar-refractivity contribution < 1.29 is 19.2 Å². The second-order valence-corrected chi connectivity index (χ2v) is 10.7. The summed E-state index contributed by atoms with van der Waals surface area (Å²) in [6.45, 7) is 9.34. The Morgan fingerprint density at radius 2 is 1.97 bits per heavy atom. The van der Waals surface area contributed by atoms with Crippen molar-refractivity contribution in [1.82, 2.24) is 25.3 Å². The van der Waals surface area contributed by atoms with Gasteiger partial charge in [-0.1, -0.05) is 23.7 Å². The Labute approximate surface area is 219 Å². The van der Waals surface area contributed by atoms with Crippen molar-refractivity contribution in [2.75, 3.05) is 39.8 Å². The van der Waals surface area contributed by atoms with E-state index in [-0.39, 0.29) is 24.4 Å². The van der Waals surface area contributed by atoms with Gasteiger partial charge in [0.05, 0.1) is 25.8 Å². The van der Waals surface area contributed by atoms with Crippen LogP contribution in [-0.4, -0.2) is 82.4 Å². The minimum absolute atomic E-state index is 0.0649. The predicted octanol–water partition coefficient (Wildman–Crippen LogP) is 3.12. The summed E-state index contributed by atoms with van der Waals surface area (Å²) >= 11 is 0. The molecule has 1 fully saturated rings. The maximum atomic E-state index is 13.4. The van der Waals surface area contributed by atoms with E-state index in [1.54, 1.807) is 13.2 Å². The molecule has 0 amide bonds. The number of carbonyl (C=O) groups excluding carboxylic acids is 1. The number of hydrogen-bond acceptors (Lipinski definition) is 9. The normalized spacial score (nSPS) is 18.3. The minimum atomic E-state index is -0.838. The maximum absolute atomic E-state index is 13.4. The summed E-state index contributed by atoms with van der Waals surface area (Å²) in [7, 11) is 1.62. The number of carbonyl (C=O) groups is 1. The Bertz CT molecular complexity index is 1130. The zero-order valence-electron chi connectivity index (χ0n) is 22.4. The molecule has 9 nitrogen and oxygen atoms in total. The van der Waals surface area contributed by atoms with E-state index in [0.717, 1.165) is 30.9 Å². The molecule has 2 aliphatic rings. The van der Waals surface area contributed by atoms with E-state index in [2.05, 4.69) is 20.4 Å². The zero-order valence-corrected chi connectivity index (χ0v) is 22.4. The molecule has 1 saturated heterocycles. The van der Waals surface area contributed by atoms with Gasteiger partial charge in [0.2, 0.25) is 11.7 Å². The highest BCUT2D eigenvalue weighted by atomic mass is 16.5. The van der Waals surface area contributed by atoms with E-state index in [9.17, 15) is 9.90 Å². The molecule has 1 unspecified atom stereocenters. The van der Waals surface area contributed by atoms with Crippen molar-refractivity contribution in [2.24, 2.45) is 0 Å². The molecule has 200 valence electrons. The maximum Gasteiger partial charge on any atom is 0.228 e. The van der Waals surface area contributed by atoms with Crippen LogP contribution in [-0.2, 0) is 11.2 Å². The molecule has 9 heteroatoms. The molecule has 1 aromatic heterocycles. The molecule has 0 saturated carbocycles. The highest BCUT2D eigenvalue weighted by Crippen LogP contribution is 2.28. The Hall–Kier alpha value is -3.01. The van der Waals surface area contributed by atoms with Crippen LogP contribution >= 0.6 is 0 Å². The standard InChI is InChI=1S/C28H39N5O4/c1-28(2,3)30-25(35)19-33-18-24(34)22(11-12-23(33)20-9-8-10-21(17-20)36-4)27-29-26(37-31-27)13-16-32-14-6-5-7-15-32/h8-12,17,25,30,35H,5-7,13-16,18-19H2,1-4H3. The Morgan fingerprint density at radius 1 is 1.19 bits per heavy atom. The molecule has 4 rings (SSSR count). The third-order valence-corrected chi connectivity index (χ3v) is 6.54. The van der Waals surface area contributed by atoms with Crippen LogP contribution < -0.4 is 10.1 Å². The van der Waals surface area contributed by atoms with Gasteiger partial charge in [-0.25, -0.2) is 0 Å². The van der Waals surface area contributed by atoms with Gasteiger partial charge in [-0.15, -0.1) is 0 Å². The van der Waals surface area contributed by atoms with Crippen LogP contribution in [0.25, 0.3) is 11.3 Å². The van der Waals surface area contributed by atoms with Crippen LogP contribution in [0.5, 0.6) is 5.75 Å². The lowest BCUT2D eigenvalue weighted by Crippen LogP contribution is -2.49. The second-order valence-electron chi connectivity index (χ2n) is 10.7. The number of nitrogens with zero attached hydrogens (tertiary/aromatic N) is 4. The molecule has 2 aliphatic heterocycles. The van der Waals surface area contributed by atoms with Gasteiger partial charge >= 0.3 is 0 Å². The number of aliphatic hydroxyl groups is 1. The van der Waals surface area contributed by atoms with Gasteiger partial charge in [0.1, 0.15) is 12.0 Å². The zero-order chi connectivity index (χ0) is 26.4. The number of β-amino-alcohol motifs (C(OH)–C–C–N with tert-alkyl or cyclic N) is 1. The van der Waals surface area contributed by atoms with Crippen molar-refractivity contribution in [3.63, 3.8) is 0 Å². The van der Waals surface area contributed by atoms with E-state index in [1.165, 1.54) is 19.3 Å². The number of ether oxygens (including phenoxy) is 1. The van der Waals surface area contributed by atoms with Crippen LogP contribution in [0.3, 0.4) is 0 Å². The van der Waals surface area contributed by atoms with E-state index in [1.807, 2.05) is 56.0 Å². The number of ketones is 1. The number of aromatic nitrogens is 2. The van der Waals surface area contributed by atoms with E-state index in [0.29, 0.717) is 29.5 Å². The number of rotatable bonds is 9. The van der Waals surface area contributed by atoms with Crippen LogP contribution in [0, 0.1) is 0 Å². The molecule has 0 radical (unpaired) electrons. The molecular formula is C28H39N5O4. The molecule has 1 atom stereocenters. The van der Waals surface area contributed by atoms with Gasteiger partial charge in [0.25, 0.3) is 0 Å². The lowest BCUT2D eigenvalue weighted by atomic mass is 10.1. The van der Waals surface area contributed by atoms with Gasteiger partial charge in [0.15, 0.2) is 5.78 Å². The van der Waals surface area contributed by atoms with Crippen LogP contribution in [0.15, 0.2) is 40.9 Å². The fraction of sp³-hybridized carbons (Fsp3) is 0.536. The highest BCUT2D eigenvalue weighted by molar-refractivity contribution is 6.21. The predicted molar refractivity (Wildman–Crippen MR) is 143 cm³/mol. The summed E-state index contributed by atoms with van der Waals surface area (Å²) in [4.78, 5) is 22.2. The third kappa shape index (κ3) is 7.50. The topological polar surface area (TPSA) is 104 Å². The van der Waals surface area contributed by atoms with E-state index >= 15 is 0 Å². The minimum Gasteiger partial charge on any atom is -0.497 e. The number of benzene rings is 1. The average molecular weight is 510 g/mol. The van der Waals surface area contributed by atoms with Crippen molar-refractivity contribution in [3.05, 3.63) is 53.7 Å². The van der Waals surface area contributed by atoms with Crippen molar-refractivity contribution in [2.45, 2.75) is 58.2 Å². The molecule has 2 N–H and O–H groups in total. The highest BCUT2D eigenvalue weighted by Gasteiger charge is 2.27. The molecule has 2 aromatic rings. The Balaban J connectivity index is 1.56. The number of hydrogen-bond donors (Lipinski definition) is 2. The molecular weight excluding hydrogens is 470 g/mol. The summed E-state index contributed by atoms with van der Waals surface area (Å²) in [5.41, 5.74) is 1.79. The molecule has 0 bridgehead atoms. The summed E-state index contributed by atoms with van der Waals surface area (Å²) in [5.74, 6) is 1.41. The number of piperidine rings is 1. The van der Waals surface area contributed by atoms with Crippen LogP contribution in [0.4, 0.5) is 0 Å². The first-order valence-electron chi connectivity index (χ1n) is 13.1. The molecule has 37 heavy (non-hydrogen) atoms. The van der Waals surface area contributed by atoms with Gasteiger partial charge in [0, 0.05) is 29.8 Å². The largest absolute Gasteiger partial charge is 0.497 e. The van der Waals surface area contributed by atoms with Crippen LogP contribution in [0.2, 0.25) is 0 Å².